The van der Waals surface area contributed by atoms with E-state index in [9.17, 15) is 14.0 Å². The number of rotatable bonds is 6. The van der Waals surface area contributed by atoms with Gasteiger partial charge in [0, 0.05) is 6.54 Å². The van der Waals surface area contributed by atoms with E-state index in [1.807, 2.05) is 0 Å². The van der Waals surface area contributed by atoms with Gasteiger partial charge in [-0.15, -0.1) is 0 Å². The molecule has 1 aromatic carbocycles. The van der Waals surface area contributed by atoms with Crippen molar-refractivity contribution in [2.24, 2.45) is 0 Å². The smallest absolute Gasteiger partial charge is 0.353 e. The van der Waals surface area contributed by atoms with Crippen molar-refractivity contribution in [3.8, 4) is 5.75 Å². The standard InChI is InChI=1S/C14H18FNO4/c1-4-20-13(18)14(2,15)12(17)16-9-10-5-7-11(19-3)8-6-10/h5-8H,4,9H2,1-3H3,(H,16,17). The number of benzene rings is 1. The normalized spacial score (nSPS) is 13.2. The van der Waals surface area contributed by atoms with Gasteiger partial charge in [-0.05, 0) is 31.5 Å². The summed E-state index contributed by atoms with van der Waals surface area (Å²) in [5.41, 5.74) is -1.93. The number of amides is 1. The summed E-state index contributed by atoms with van der Waals surface area (Å²) in [7, 11) is 1.55. The molecular formula is C14H18FNO4. The van der Waals surface area contributed by atoms with Crippen LogP contribution in [0.25, 0.3) is 0 Å². The van der Waals surface area contributed by atoms with Crippen molar-refractivity contribution < 1.29 is 23.5 Å². The van der Waals surface area contributed by atoms with Crippen molar-refractivity contribution in [2.75, 3.05) is 13.7 Å². The number of methoxy groups -OCH3 is 1. The van der Waals surface area contributed by atoms with Gasteiger partial charge >= 0.3 is 5.97 Å². The van der Waals surface area contributed by atoms with Crippen LogP contribution in [0.15, 0.2) is 24.3 Å². The fourth-order valence-corrected chi connectivity index (χ4v) is 1.45. The third-order valence-corrected chi connectivity index (χ3v) is 2.70. The molecule has 110 valence electrons. The molecular weight excluding hydrogens is 265 g/mol. The van der Waals surface area contributed by atoms with Crippen molar-refractivity contribution in [1.29, 1.82) is 0 Å². The molecule has 1 amide bonds. The van der Waals surface area contributed by atoms with Crippen molar-refractivity contribution >= 4 is 11.9 Å². The molecule has 1 atom stereocenters. The first-order valence-electron chi connectivity index (χ1n) is 6.19. The third kappa shape index (κ3) is 3.94. The SMILES string of the molecule is CCOC(=O)C(C)(F)C(=O)NCc1ccc(OC)cc1. The Kier molecular flexibility index (Phi) is 5.49. The number of ether oxygens (including phenoxy) is 2. The second-order valence-electron chi connectivity index (χ2n) is 4.25. The Hall–Kier alpha value is -2.11. The second kappa shape index (κ2) is 6.88. The zero-order valence-electron chi connectivity index (χ0n) is 11.7. The lowest BCUT2D eigenvalue weighted by atomic mass is 10.1. The predicted molar refractivity (Wildman–Crippen MR) is 71.0 cm³/mol. The summed E-state index contributed by atoms with van der Waals surface area (Å²) in [6.07, 6.45) is 0. The molecule has 6 heteroatoms. The fourth-order valence-electron chi connectivity index (χ4n) is 1.45. The predicted octanol–water partition coefficient (Wildman–Crippen LogP) is 1.60. The number of nitrogens with one attached hydrogen (secondary N) is 1. The van der Waals surface area contributed by atoms with Gasteiger partial charge in [0.05, 0.1) is 13.7 Å². The van der Waals surface area contributed by atoms with Crippen LogP contribution in [0.1, 0.15) is 19.4 Å². The minimum absolute atomic E-state index is 0.0180. The van der Waals surface area contributed by atoms with Gasteiger partial charge in [0.15, 0.2) is 0 Å². The first-order valence-corrected chi connectivity index (χ1v) is 6.19. The average Bonchev–Trinajstić information content (AvgIpc) is 2.45. The van der Waals surface area contributed by atoms with E-state index in [0.717, 1.165) is 12.5 Å². The van der Waals surface area contributed by atoms with E-state index in [-0.39, 0.29) is 13.2 Å². The summed E-state index contributed by atoms with van der Waals surface area (Å²) < 4.78 is 23.5. The molecule has 1 aromatic rings. The second-order valence-corrected chi connectivity index (χ2v) is 4.25. The minimum Gasteiger partial charge on any atom is -0.497 e. The molecule has 0 aromatic heterocycles. The lowest BCUT2D eigenvalue weighted by molar-refractivity contribution is -0.161. The van der Waals surface area contributed by atoms with Gasteiger partial charge in [0.1, 0.15) is 5.75 Å². The molecule has 0 heterocycles. The Morgan fingerprint density at radius 2 is 1.90 bits per heavy atom. The molecule has 0 aliphatic heterocycles. The Morgan fingerprint density at radius 3 is 2.40 bits per heavy atom. The van der Waals surface area contributed by atoms with Crippen LogP contribution in [0.2, 0.25) is 0 Å². The van der Waals surface area contributed by atoms with Gasteiger partial charge < -0.3 is 14.8 Å². The summed E-state index contributed by atoms with van der Waals surface area (Å²) in [5, 5.41) is 2.36. The number of esters is 1. The molecule has 20 heavy (non-hydrogen) atoms. The maximum Gasteiger partial charge on any atom is 0.353 e. The highest BCUT2D eigenvalue weighted by molar-refractivity contribution is 6.05. The van der Waals surface area contributed by atoms with Crippen LogP contribution in [-0.2, 0) is 20.9 Å². The number of hydrogen-bond donors (Lipinski definition) is 1. The summed E-state index contributed by atoms with van der Waals surface area (Å²) in [6, 6.07) is 6.92. The fraction of sp³-hybridized carbons (Fsp3) is 0.429. The van der Waals surface area contributed by atoms with Crippen molar-refractivity contribution in [2.45, 2.75) is 26.1 Å². The zero-order chi connectivity index (χ0) is 15.2. The van der Waals surface area contributed by atoms with Gasteiger partial charge in [-0.1, -0.05) is 12.1 Å². The van der Waals surface area contributed by atoms with Crippen LogP contribution in [0.4, 0.5) is 4.39 Å². The molecule has 0 spiro atoms. The number of hydrogen-bond acceptors (Lipinski definition) is 4. The Bertz CT molecular complexity index is 471. The van der Waals surface area contributed by atoms with Crippen LogP contribution in [0.3, 0.4) is 0 Å². The van der Waals surface area contributed by atoms with Gasteiger partial charge in [-0.3, -0.25) is 4.79 Å². The van der Waals surface area contributed by atoms with Crippen molar-refractivity contribution in [1.82, 2.24) is 5.32 Å². The largest absolute Gasteiger partial charge is 0.497 e. The number of alkyl halides is 1. The lowest BCUT2D eigenvalue weighted by Crippen LogP contribution is -2.47. The molecule has 0 aliphatic rings. The summed E-state index contributed by atoms with van der Waals surface area (Å²) in [4.78, 5) is 23.0. The number of halogens is 1. The molecule has 1 N–H and O–H groups in total. The van der Waals surface area contributed by atoms with Crippen molar-refractivity contribution in [3.63, 3.8) is 0 Å². The first-order chi connectivity index (χ1) is 9.41. The highest BCUT2D eigenvalue weighted by Crippen LogP contribution is 2.14. The van der Waals surface area contributed by atoms with Crippen LogP contribution in [-0.4, -0.2) is 31.3 Å². The van der Waals surface area contributed by atoms with E-state index in [0.29, 0.717) is 5.75 Å². The van der Waals surface area contributed by atoms with Gasteiger partial charge in [0.25, 0.3) is 11.6 Å². The molecule has 0 aliphatic carbocycles. The number of carbonyl (C=O) groups is 2. The topological polar surface area (TPSA) is 64.6 Å². The van der Waals surface area contributed by atoms with E-state index < -0.39 is 17.5 Å². The van der Waals surface area contributed by atoms with Gasteiger partial charge in [-0.2, -0.15) is 0 Å². The van der Waals surface area contributed by atoms with E-state index in [1.54, 1.807) is 38.3 Å². The van der Waals surface area contributed by atoms with Gasteiger partial charge in [0.2, 0.25) is 0 Å². The minimum atomic E-state index is -2.69. The molecule has 0 saturated carbocycles. The summed E-state index contributed by atoms with van der Waals surface area (Å²) in [5.74, 6) is -1.53. The highest BCUT2D eigenvalue weighted by atomic mass is 19.1. The van der Waals surface area contributed by atoms with Crippen LogP contribution < -0.4 is 10.1 Å². The molecule has 1 unspecified atom stereocenters. The lowest BCUT2D eigenvalue weighted by Gasteiger charge is -2.17. The van der Waals surface area contributed by atoms with E-state index in [1.165, 1.54) is 0 Å². The van der Waals surface area contributed by atoms with E-state index in [4.69, 9.17) is 4.74 Å². The van der Waals surface area contributed by atoms with E-state index in [2.05, 4.69) is 10.1 Å². The molecule has 5 nitrogen and oxygen atoms in total. The Morgan fingerprint density at radius 1 is 1.30 bits per heavy atom. The highest BCUT2D eigenvalue weighted by Gasteiger charge is 2.42. The molecule has 1 rings (SSSR count). The maximum absolute atomic E-state index is 14.0. The van der Waals surface area contributed by atoms with Crippen LogP contribution >= 0.6 is 0 Å². The quantitative estimate of drug-likeness (QED) is 0.636. The first kappa shape index (κ1) is 15.9. The average molecular weight is 283 g/mol. The summed E-state index contributed by atoms with van der Waals surface area (Å²) in [6.45, 7) is 2.56. The number of carbonyl (C=O) groups excluding carboxylic acids is 2. The van der Waals surface area contributed by atoms with E-state index >= 15 is 0 Å². The molecule has 0 bridgehead atoms. The molecule has 0 fully saturated rings. The van der Waals surface area contributed by atoms with Crippen molar-refractivity contribution in [3.05, 3.63) is 29.8 Å². The Balaban J connectivity index is 2.59. The zero-order valence-corrected chi connectivity index (χ0v) is 11.7. The third-order valence-electron chi connectivity index (χ3n) is 2.70. The Labute approximate surface area is 117 Å². The monoisotopic (exact) mass is 283 g/mol. The van der Waals surface area contributed by atoms with Crippen LogP contribution in [0.5, 0.6) is 5.75 Å². The molecule has 0 saturated heterocycles. The van der Waals surface area contributed by atoms with Crippen LogP contribution in [0, 0.1) is 0 Å². The maximum atomic E-state index is 14.0. The van der Waals surface area contributed by atoms with Gasteiger partial charge in [-0.25, -0.2) is 9.18 Å². The molecule has 0 radical (unpaired) electrons. The summed E-state index contributed by atoms with van der Waals surface area (Å²) >= 11 is 0.